The van der Waals surface area contributed by atoms with Crippen molar-refractivity contribution in [2.45, 2.75) is 19.3 Å². The van der Waals surface area contributed by atoms with Crippen molar-refractivity contribution in [3.05, 3.63) is 131 Å². The van der Waals surface area contributed by atoms with Crippen LogP contribution in [-0.4, -0.2) is 16.2 Å². The molecule has 2 aromatic carbocycles. The topological polar surface area (TPSA) is 75.5 Å². The van der Waals surface area contributed by atoms with E-state index in [0.717, 1.165) is 17.8 Å². The van der Waals surface area contributed by atoms with E-state index in [1.807, 2.05) is 103 Å². The number of aliphatic imine (C=N–C) groups is 1. The summed E-state index contributed by atoms with van der Waals surface area (Å²) in [7, 11) is 0. The third-order valence-corrected chi connectivity index (χ3v) is 5.94. The van der Waals surface area contributed by atoms with Gasteiger partial charge in [-0.05, 0) is 55.8 Å². The van der Waals surface area contributed by atoms with Crippen LogP contribution in [0.3, 0.4) is 0 Å². The number of amides is 1. The summed E-state index contributed by atoms with van der Waals surface area (Å²) in [5.74, 6) is -0.103. The van der Waals surface area contributed by atoms with Crippen LogP contribution >= 0.6 is 0 Å². The molecule has 0 radical (unpaired) electrons. The highest BCUT2D eigenvalue weighted by Crippen LogP contribution is 2.34. The van der Waals surface area contributed by atoms with Crippen LogP contribution in [0.15, 0.2) is 125 Å². The average Bonchev–Trinajstić information content (AvgIpc) is 3.24. The molecule has 0 bridgehead atoms. The number of fused-ring (bicyclic) bond motifs is 1. The molecule has 0 fully saturated rings. The highest BCUT2D eigenvalue weighted by molar-refractivity contribution is 5.99. The van der Waals surface area contributed by atoms with E-state index in [4.69, 9.17) is 4.99 Å². The molecule has 0 saturated heterocycles. The molecular weight excluding hydrogens is 448 g/mol. The number of allylic oxidation sites excluding steroid dienone is 6. The molecule has 5 rings (SSSR count). The van der Waals surface area contributed by atoms with Gasteiger partial charge in [-0.1, -0.05) is 60.7 Å². The van der Waals surface area contributed by atoms with Crippen molar-refractivity contribution in [1.82, 2.24) is 9.88 Å². The van der Waals surface area contributed by atoms with Crippen LogP contribution in [0.2, 0.25) is 0 Å². The summed E-state index contributed by atoms with van der Waals surface area (Å²) < 4.78 is 1.90. The van der Waals surface area contributed by atoms with E-state index in [1.54, 1.807) is 12.2 Å². The van der Waals surface area contributed by atoms with Gasteiger partial charge in [-0.25, -0.2) is 4.99 Å². The Morgan fingerprint density at radius 1 is 1.00 bits per heavy atom. The van der Waals surface area contributed by atoms with Crippen LogP contribution in [-0.2, 0) is 4.79 Å². The number of aromatic nitrogens is 1. The number of pyridine rings is 1. The smallest absolute Gasteiger partial charge is 0.236 e. The number of hydrogen-bond acceptors (Lipinski definition) is 4. The van der Waals surface area contributed by atoms with Gasteiger partial charge in [0.15, 0.2) is 5.43 Å². The molecule has 3 aromatic rings. The number of nitrogens with one attached hydrogen (secondary N) is 2. The van der Waals surface area contributed by atoms with Gasteiger partial charge in [-0.15, -0.1) is 0 Å². The molecular formula is C30H26N4O2. The normalized spacial score (nSPS) is 16.3. The van der Waals surface area contributed by atoms with E-state index in [9.17, 15) is 9.59 Å². The number of benzene rings is 2. The first kappa shape index (κ1) is 23.1. The number of carbonyl (C=O) groups excluding carboxylic acids is 1. The SMILES string of the molecule is CC1=Nc2c(c(=O)cc(Nc3ccccc3)n2-c2ccccc2)C(C(=O)NC2=CC=CCC=C2)C=C1. The molecule has 2 aliphatic rings. The largest absolute Gasteiger partial charge is 0.341 e. The summed E-state index contributed by atoms with van der Waals surface area (Å²) in [6.45, 7) is 1.86. The van der Waals surface area contributed by atoms with Crippen LogP contribution in [0.1, 0.15) is 24.8 Å². The summed E-state index contributed by atoms with van der Waals surface area (Å²) in [6.07, 6.45) is 13.9. The van der Waals surface area contributed by atoms with E-state index >= 15 is 0 Å². The second kappa shape index (κ2) is 10.3. The van der Waals surface area contributed by atoms with Gasteiger partial charge < -0.3 is 10.6 Å². The van der Waals surface area contributed by atoms with Crippen molar-refractivity contribution < 1.29 is 4.79 Å². The molecule has 178 valence electrons. The third kappa shape index (κ3) is 4.88. The summed E-state index contributed by atoms with van der Waals surface area (Å²) >= 11 is 0. The fourth-order valence-corrected chi connectivity index (χ4v) is 4.25. The summed E-state index contributed by atoms with van der Waals surface area (Å²) in [6, 6.07) is 20.9. The second-order valence-corrected chi connectivity index (χ2v) is 8.56. The first-order chi connectivity index (χ1) is 17.6. The molecule has 1 unspecified atom stereocenters. The Morgan fingerprint density at radius 3 is 2.53 bits per heavy atom. The van der Waals surface area contributed by atoms with Crippen molar-refractivity contribution >= 4 is 28.9 Å². The molecule has 2 heterocycles. The molecule has 1 aliphatic carbocycles. The van der Waals surface area contributed by atoms with Gasteiger partial charge in [0.2, 0.25) is 5.91 Å². The van der Waals surface area contributed by atoms with E-state index < -0.39 is 5.92 Å². The van der Waals surface area contributed by atoms with Crippen molar-refractivity contribution in [1.29, 1.82) is 0 Å². The average molecular weight is 475 g/mol. The van der Waals surface area contributed by atoms with Crippen LogP contribution in [0.25, 0.3) is 5.69 Å². The number of nitrogens with zero attached hydrogens (tertiary/aromatic N) is 2. The minimum atomic E-state index is -0.809. The summed E-state index contributed by atoms with van der Waals surface area (Å²) in [5, 5.41) is 6.33. The van der Waals surface area contributed by atoms with E-state index in [2.05, 4.69) is 10.6 Å². The predicted octanol–water partition coefficient (Wildman–Crippen LogP) is 5.84. The number of carbonyl (C=O) groups is 1. The molecule has 36 heavy (non-hydrogen) atoms. The van der Waals surface area contributed by atoms with Crippen LogP contribution in [0, 0.1) is 0 Å². The van der Waals surface area contributed by atoms with Gasteiger partial charge in [0.05, 0.1) is 11.5 Å². The molecule has 6 nitrogen and oxygen atoms in total. The first-order valence-corrected chi connectivity index (χ1v) is 11.9. The highest BCUT2D eigenvalue weighted by atomic mass is 16.2. The van der Waals surface area contributed by atoms with Gasteiger partial charge in [0.1, 0.15) is 11.6 Å². The van der Waals surface area contributed by atoms with Crippen molar-refractivity contribution in [3.63, 3.8) is 0 Å². The fraction of sp³-hybridized carbons (Fsp3) is 0.100. The molecule has 2 N–H and O–H groups in total. The lowest BCUT2D eigenvalue weighted by molar-refractivity contribution is -0.120. The Labute approximate surface area is 209 Å². The lowest BCUT2D eigenvalue weighted by Crippen LogP contribution is -2.31. The zero-order valence-corrected chi connectivity index (χ0v) is 19.9. The highest BCUT2D eigenvalue weighted by Gasteiger charge is 2.29. The Morgan fingerprint density at radius 2 is 1.75 bits per heavy atom. The minimum absolute atomic E-state index is 0.260. The second-order valence-electron chi connectivity index (χ2n) is 8.56. The monoisotopic (exact) mass is 474 g/mol. The first-order valence-electron chi connectivity index (χ1n) is 11.9. The minimum Gasteiger partial charge on any atom is -0.341 e. The van der Waals surface area contributed by atoms with Gasteiger partial charge in [0, 0.05) is 28.8 Å². The summed E-state index contributed by atoms with van der Waals surface area (Å²) in [4.78, 5) is 31.9. The van der Waals surface area contributed by atoms with Crippen molar-refractivity contribution in [2.24, 2.45) is 4.99 Å². The maximum Gasteiger partial charge on any atom is 0.236 e. The van der Waals surface area contributed by atoms with Crippen LogP contribution in [0.5, 0.6) is 0 Å². The van der Waals surface area contributed by atoms with Gasteiger partial charge in [0.25, 0.3) is 0 Å². The van der Waals surface area contributed by atoms with E-state index in [-0.39, 0.29) is 11.3 Å². The third-order valence-electron chi connectivity index (χ3n) is 5.94. The Kier molecular flexibility index (Phi) is 6.58. The maximum absolute atomic E-state index is 13.6. The number of rotatable bonds is 5. The standard InChI is InChI=1S/C30H26N4O2/c1-21-18-19-25(30(36)33-23-14-6-2-3-7-15-23)28-26(35)20-27(32-22-12-8-4-9-13-22)34(29(28)31-21)24-16-10-5-11-17-24/h2,4-20,25,32H,3H2,1H3,(H,33,36). The Bertz CT molecular complexity index is 1490. The van der Waals surface area contributed by atoms with Crippen LogP contribution in [0.4, 0.5) is 17.3 Å². The molecule has 1 aromatic heterocycles. The molecule has 0 saturated carbocycles. The van der Waals surface area contributed by atoms with Crippen molar-refractivity contribution in [3.8, 4) is 5.69 Å². The lowest BCUT2D eigenvalue weighted by Gasteiger charge is -2.22. The molecule has 0 spiro atoms. The molecule has 6 heteroatoms. The Hall–Kier alpha value is -4.71. The number of anilines is 2. The zero-order chi connectivity index (χ0) is 24.9. The molecule has 1 atom stereocenters. The zero-order valence-electron chi connectivity index (χ0n) is 19.9. The van der Waals surface area contributed by atoms with Gasteiger partial charge >= 0.3 is 0 Å². The quantitative estimate of drug-likeness (QED) is 0.488. The predicted molar refractivity (Wildman–Crippen MR) is 146 cm³/mol. The summed E-state index contributed by atoms with van der Waals surface area (Å²) in [5.41, 5.74) is 3.11. The van der Waals surface area contributed by atoms with E-state index in [0.29, 0.717) is 28.6 Å². The molecule has 1 aliphatic heterocycles. The Balaban J connectivity index is 1.67. The van der Waals surface area contributed by atoms with E-state index in [1.165, 1.54) is 6.07 Å². The van der Waals surface area contributed by atoms with Crippen LogP contribution < -0.4 is 16.1 Å². The fourth-order valence-electron chi connectivity index (χ4n) is 4.25. The van der Waals surface area contributed by atoms with Crippen molar-refractivity contribution in [2.75, 3.05) is 5.32 Å². The van der Waals surface area contributed by atoms with Gasteiger partial charge in [-0.3, -0.25) is 14.2 Å². The lowest BCUT2D eigenvalue weighted by atomic mass is 9.97. The maximum atomic E-state index is 13.6. The van der Waals surface area contributed by atoms with Gasteiger partial charge in [-0.2, -0.15) is 0 Å². The number of hydrogen-bond donors (Lipinski definition) is 2. The molecule has 1 amide bonds. The number of para-hydroxylation sites is 2.